The van der Waals surface area contributed by atoms with Crippen LogP contribution in [0.25, 0.3) is 0 Å². The molecular formula is C17H17F4NO2. The molecule has 3 nitrogen and oxygen atoms in total. The van der Waals surface area contributed by atoms with Gasteiger partial charge in [0.15, 0.2) is 0 Å². The SMILES string of the molecule is COc1cccc(C(CO)NCc2cc(C(F)(F)F)ccc2F)c1. The van der Waals surface area contributed by atoms with Crippen LogP contribution in [-0.4, -0.2) is 18.8 Å². The summed E-state index contributed by atoms with van der Waals surface area (Å²) >= 11 is 0. The Labute approximate surface area is 136 Å². The lowest BCUT2D eigenvalue weighted by Gasteiger charge is -2.18. The lowest BCUT2D eigenvalue weighted by Crippen LogP contribution is -2.24. The largest absolute Gasteiger partial charge is 0.497 e. The number of aliphatic hydroxyl groups excluding tert-OH is 1. The molecule has 0 saturated heterocycles. The summed E-state index contributed by atoms with van der Waals surface area (Å²) < 4.78 is 57.0. The van der Waals surface area contributed by atoms with Gasteiger partial charge in [0.05, 0.1) is 25.3 Å². The van der Waals surface area contributed by atoms with Gasteiger partial charge in [-0.1, -0.05) is 12.1 Å². The van der Waals surface area contributed by atoms with Crippen molar-refractivity contribution in [2.45, 2.75) is 18.8 Å². The normalized spacial score (nSPS) is 12.9. The Balaban J connectivity index is 2.16. The first kappa shape index (κ1) is 18.2. The summed E-state index contributed by atoms with van der Waals surface area (Å²) in [4.78, 5) is 0. The van der Waals surface area contributed by atoms with Crippen LogP contribution in [0.4, 0.5) is 17.6 Å². The number of hydrogen-bond acceptors (Lipinski definition) is 3. The van der Waals surface area contributed by atoms with Crippen molar-refractivity contribution >= 4 is 0 Å². The number of ether oxygens (including phenoxy) is 1. The van der Waals surface area contributed by atoms with Crippen molar-refractivity contribution in [2.75, 3.05) is 13.7 Å². The van der Waals surface area contributed by atoms with E-state index in [2.05, 4.69) is 5.32 Å². The molecule has 1 atom stereocenters. The van der Waals surface area contributed by atoms with Gasteiger partial charge < -0.3 is 15.2 Å². The zero-order chi connectivity index (χ0) is 17.7. The summed E-state index contributed by atoms with van der Waals surface area (Å²) in [6.07, 6.45) is -4.54. The molecule has 0 aliphatic heterocycles. The van der Waals surface area contributed by atoms with Crippen LogP contribution < -0.4 is 10.1 Å². The average molecular weight is 343 g/mol. The number of rotatable bonds is 6. The Morgan fingerprint density at radius 3 is 2.54 bits per heavy atom. The van der Waals surface area contributed by atoms with E-state index in [0.29, 0.717) is 17.4 Å². The third-order valence-corrected chi connectivity index (χ3v) is 3.59. The number of halogens is 4. The van der Waals surface area contributed by atoms with Gasteiger partial charge in [0, 0.05) is 12.1 Å². The second-order valence-electron chi connectivity index (χ2n) is 5.20. The molecule has 130 valence electrons. The molecule has 2 rings (SSSR count). The van der Waals surface area contributed by atoms with Gasteiger partial charge in [0.2, 0.25) is 0 Å². The number of hydrogen-bond donors (Lipinski definition) is 2. The highest BCUT2D eigenvalue weighted by molar-refractivity contribution is 5.31. The minimum absolute atomic E-state index is 0.119. The van der Waals surface area contributed by atoms with Crippen molar-refractivity contribution in [3.05, 3.63) is 65.0 Å². The van der Waals surface area contributed by atoms with Gasteiger partial charge in [-0.05, 0) is 35.9 Å². The van der Waals surface area contributed by atoms with Crippen molar-refractivity contribution in [3.8, 4) is 5.75 Å². The summed E-state index contributed by atoms with van der Waals surface area (Å²) in [7, 11) is 1.50. The highest BCUT2D eigenvalue weighted by Gasteiger charge is 2.31. The molecule has 0 fully saturated rings. The molecule has 7 heteroatoms. The van der Waals surface area contributed by atoms with E-state index >= 15 is 0 Å². The van der Waals surface area contributed by atoms with Gasteiger partial charge in [-0.25, -0.2) is 4.39 Å². The van der Waals surface area contributed by atoms with Crippen LogP contribution in [0.15, 0.2) is 42.5 Å². The quantitative estimate of drug-likeness (QED) is 0.787. The minimum atomic E-state index is -4.54. The molecule has 0 aliphatic rings. The van der Waals surface area contributed by atoms with Gasteiger partial charge in [0.1, 0.15) is 11.6 Å². The van der Waals surface area contributed by atoms with Gasteiger partial charge in [0.25, 0.3) is 0 Å². The molecule has 0 aliphatic carbocycles. The molecule has 0 heterocycles. The Morgan fingerprint density at radius 1 is 1.17 bits per heavy atom. The standard InChI is InChI=1S/C17H17F4NO2/c1-24-14-4-2-3-11(8-14)16(10-23)22-9-12-7-13(17(19,20)21)5-6-15(12)18/h2-8,16,22-23H,9-10H2,1H3. The van der Waals surface area contributed by atoms with E-state index in [9.17, 15) is 22.7 Å². The van der Waals surface area contributed by atoms with E-state index in [1.165, 1.54) is 7.11 Å². The first-order valence-corrected chi connectivity index (χ1v) is 7.19. The zero-order valence-electron chi connectivity index (χ0n) is 12.9. The van der Waals surface area contributed by atoms with Crippen molar-refractivity contribution in [1.82, 2.24) is 5.32 Å². The van der Waals surface area contributed by atoms with Crippen molar-refractivity contribution < 1.29 is 27.4 Å². The maximum absolute atomic E-state index is 13.7. The number of aliphatic hydroxyl groups is 1. The highest BCUT2D eigenvalue weighted by Crippen LogP contribution is 2.30. The third-order valence-electron chi connectivity index (χ3n) is 3.59. The second kappa shape index (κ2) is 7.63. The molecule has 2 aromatic rings. The topological polar surface area (TPSA) is 41.5 Å². The lowest BCUT2D eigenvalue weighted by atomic mass is 10.1. The average Bonchev–Trinajstić information content (AvgIpc) is 2.56. The van der Waals surface area contributed by atoms with E-state index < -0.39 is 23.6 Å². The maximum Gasteiger partial charge on any atom is 0.416 e. The first-order valence-electron chi connectivity index (χ1n) is 7.19. The minimum Gasteiger partial charge on any atom is -0.497 e. The third kappa shape index (κ3) is 4.46. The fourth-order valence-electron chi connectivity index (χ4n) is 2.27. The predicted octanol–water partition coefficient (Wildman–Crippen LogP) is 3.68. The van der Waals surface area contributed by atoms with Crippen LogP contribution in [0.3, 0.4) is 0 Å². The first-order chi connectivity index (χ1) is 11.3. The Kier molecular flexibility index (Phi) is 5.80. The molecule has 0 spiro atoms. The van der Waals surface area contributed by atoms with Gasteiger partial charge in [-0.3, -0.25) is 0 Å². The Morgan fingerprint density at radius 2 is 1.92 bits per heavy atom. The van der Waals surface area contributed by atoms with Crippen LogP contribution in [0, 0.1) is 5.82 Å². The molecule has 0 radical (unpaired) electrons. The summed E-state index contributed by atoms with van der Waals surface area (Å²) in [5.41, 5.74) is -0.349. The molecule has 24 heavy (non-hydrogen) atoms. The van der Waals surface area contributed by atoms with Crippen molar-refractivity contribution in [1.29, 1.82) is 0 Å². The fraction of sp³-hybridized carbons (Fsp3) is 0.294. The second-order valence-corrected chi connectivity index (χ2v) is 5.20. The smallest absolute Gasteiger partial charge is 0.416 e. The molecule has 1 unspecified atom stereocenters. The predicted molar refractivity (Wildman–Crippen MR) is 81.1 cm³/mol. The van der Waals surface area contributed by atoms with E-state index in [1.54, 1.807) is 24.3 Å². The van der Waals surface area contributed by atoms with Crippen LogP contribution in [0.5, 0.6) is 5.75 Å². The summed E-state index contributed by atoms with van der Waals surface area (Å²) in [6, 6.07) is 8.57. The van der Waals surface area contributed by atoms with Gasteiger partial charge in [-0.15, -0.1) is 0 Å². The monoisotopic (exact) mass is 343 g/mol. The van der Waals surface area contributed by atoms with E-state index in [4.69, 9.17) is 4.74 Å². The Hall–Kier alpha value is -2.12. The van der Waals surface area contributed by atoms with E-state index in [-0.39, 0.29) is 18.7 Å². The molecule has 0 amide bonds. The number of nitrogens with one attached hydrogen (secondary N) is 1. The molecule has 2 N–H and O–H groups in total. The molecular weight excluding hydrogens is 326 g/mol. The lowest BCUT2D eigenvalue weighted by molar-refractivity contribution is -0.137. The van der Waals surface area contributed by atoms with Gasteiger partial charge >= 0.3 is 6.18 Å². The van der Waals surface area contributed by atoms with Crippen LogP contribution in [0.2, 0.25) is 0 Å². The zero-order valence-corrected chi connectivity index (χ0v) is 12.9. The fourth-order valence-corrected chi connectivity index (χ4v) is 2.27. The maximum atomic E-state index is 13.7. The molecule has 0 saturated carbocycles. The van der Waals surface area contributed by atoms with Crippen LogP contribution >= 0.6 is 0 Å². The van der Waals surface area contributed by atoms with E-state index in [0.717, 1.165) is 12.1 Å². The highest BCUT2D eigenvalue weighted by atomic mass is 19.4. The van der Waals surface area contributed by atoms with E-state index in [1.807, 2.05) is 0 Å². The van der Waals surface area contributed by atoms with Crippen molar-refractivity contribution in [3.63, 3.8) is 0 Å². The Bertz CT molecular complexity index is 689. The molecule has 2 aromatic carbocycles. The number of methoxy groups -OCH3 is 1. The summed E-state index contributed by atoms with van der Waals surface area (Å²) in [5, 5.41) is 12.4. The van der Waals surface area contributed by atoms with Gasteiger partial charge in [-0.2, -0.15) is 13.2 Å². The van der Waals surface area contributed by atoms with Crippen molar-refractivity contribution in [2.24, 2.45) is 0 Å². The molecule has 0 aromatic heterocycles. The van der Waals surface area contributed by atoms with Crippen LogP contribution in [-0.2, 0) is 12.7 Å². The number of benzene rings is 2. The number of alkyl halides is 3. The van der Waals surface area contributed by atoms with Crippen LogP contribution in [0.1, 0.15) is 22.7 Å². The summed E-state index contributed by atoms with van der Waals surface area (Å²) in [5.74, 6) is -0.157. The summed E-state index contributed by atoms with van der Waals surface area (Å²) in [6.45, 7) is -0.452. The molecule has 0 bridgehead atoms.